The van der Waals surface area contributed by atoms with Gasteiger partial charge in [-0.25, -0.2) is 0 Å². The molecular formula is C18H33ClN2O. The maximum absolute atomic E-state index is 12.1. The number of piperidine rings is 1. The maximum Gasteiger partial charge on any atom is 0.220 e. The van der Waals surface area contributed by atoms with E-state index < -0.39 is 0 Å². The highest BCUT2D eigenvalue weighted by atomic mass is 35.5. The van der Waals surface area contributed by atoms with Gasteiger partial charge in [0.05, 0.1) is 0 Å². The standard InChI is InChI=1S/C18H32N2O.ClH/c1-13(17-3-2-7-19-12-17)9-18(21)20-8-6-16-11-14-4-5-15(16)10-14;/h13-17,19H,2-12H2,1H3,(H,20,21);1H. The number of hydrogen-bond acceptors (Lipinski definition) is 2. The van der Waals surface area contributed by atoms with E-state index in [1.807, 2.05) is 0 Å². The largest absolute Gasteiger partial charge is 0.356 e. The van der Waals surface area contributed by atoms with Gasteiger partial charge in [0.2, 0.25) is 5.91 Å². The summed E-state index contributed by atoms with van der Waals surface area (Å²) in [6, 6.07) is 0. The molecule has 2 aliphatic carbocycles. The van der Waals surface area contributed by atoms with E-state index in [1.165, 1.54) is 44.9 Å². The van der Waals surface area contributed by atoms with Gasteiger partial charge in [0, 0.05) is 13.0 Å². The zero-order valence-electron chi connectivity index (χ0n) is 14.0. The van der Waals surface area contributed by atoms with Crippen molar-refractivity contribution in [2.75, 3.05) is 19.6 Å². The van der Waals surface area contributed by atoms with Crippen LogP contribution in [0.15, 0.2) is 0 Å². The van der Waals surface area contributed by atoms with Gasteiger partial charge in [-0.05, 0) is 81.2 Å². The average molecular weight is 329 g/mol. The fourth-order valence-corrected chi connectivity index (χ4v) is 5.02. The summed E-state index contributed by atoms with van der Waals surface area (Å²) in [5.74, 6) is 4.39. The molecule has 2 saturated carbocycles. The van der Waals surface area contributed by atoms with Gasteiger partial charge in [-0.15, -0.1) is 12.4 Å². The monoisotopic (exact) mass is 328 g/mol. The molecule has 128 valence electrons. The number of hydrogen-bond donors (Lipinski definition) is 2. The summed E-state index contributed by atoms with van der Waals surface area (Å²) in [5, 5.41) is 6.63. The number of rotatable bonds is 6. The van der Waals surface area contributed by atoms with Gasteiger partial charge in [0.25, 0.3) is 0 Å². The Morgan fingerprint density at radius 1 is 1.27 bits per heavy atom. The Kier molecular flexibility index (Phi) is 7.01. The first-order chi connectivity index (χ1) is 10.2. The maximum atomic E-state index is 12.1. The van der Waals surface area contributed by atoms with Crippen molar-refractivity contribution in [3.63, 3.8) is 0 Å². The zero-order chi connectivity index (χ0) is 14.7. The highest BCUT2D eigenvalue weighted by Crippen LogP contribution is 2.49. The molecule has 1 heterocycles. The van der Waals surface area contributed by atoms with E-state index in [0.29, 0.717) is 18.3 Å². The van der Waals surface area contributed by atoms with E-state index in [4.69, 9.17) is 0 Å². The van der Waals surface area contributed by atoms with Crippen LogP contribution in [0.25, 0.3) is 0 Å². The van der Waals surface area contributed by atoms with Crippen LogP contribution in [0.2, 0.25) is 0 Å². The van der Waals surface area contributed by atoms with E-state index in [0.717, 1.165) is 37.4 Å². The lowest BCUT2D eigenvalue weighted by Crippen LogP contribution is -2.36. The van der Waals surface area contributed by atoms with Crippen LogP contribution in [-0.4, -0.2) is 25.5 Å². The summed E-state index contributed by atoms with van der Waals surface area (Å²) in [5.41, 5.74) is 0. The summed E-state index contributed by atoms with van der Waals surface area (Å²) < 4.78 is 0. The molecule has 2 N–H and O–H groups in total. The molecule has 3 nitrogen and oxygen atoms in total. The van der Waals surface area contributed by atoms with Gasteiger partial charge in [-0.1, -0.05) is 13.3 Å². The third kappa shape index (κ3) is 4.61. The Labute approximate surface area is 141 Å². The van der Waals surface area contributed by atoms with Gasteiger partial charge in [-0.2, -0.15) is 0 Å². The van der Waals surface area contributed by atoms with E-state index in [9.17, 15) is 4.79 Å². The van der Waals surface area contributed by atoms with Gasteiger partial charge >= 0.3 is 0 Å². The van der Waals surface area contributed by atoms with Crippen LogP contribution in [0.1, 0.15) is 58.3 Å². The minimum absolute atomic E-state index is 0. The number of nitrogens with one attached hydrogen (secondary N) is 2. The Morgan fingerprint density at radius 2 is 2.14 bits per heavy atom. The first-order valence-corrected chi connectivity index (χ1v) is 9.19. The molecule has 0 radical (unpaired) electrons. The Hall–Kier alpha value is -0.280. The molecule has 0 aromatic carbocycles. The lowest BCUT2D eigenvalue weighted by molar-refractivity contribution is -0.122. The van der Waals surface area contributed by atoms with Crippen LogP contribution in [0, 0.1) is 29.6 Å². The van der Waals surface area contributed by atoms with Crippen LogP contribution < -0.4 is 10.6 Å². The third-order valence-electron chi connectivity index (χ3n) is 6.37. The van der Waals surface area contributed by atoms with Crippen molar-refractivity contribution in [1.29, 1.82) is 0 Å². The molecule has 1 amide bonds. The van der Waals surface area contributed by atoms with Crippen molar-refractivity contribution in [1.82, 2.24) is 10.6 Å². The fraction of sp³-hybridized carbons (Fsp3) is 0.944. The van der Waals surface area contributed by atoms with E-state index in [1.54, 1.807) is 0 Å². The number of carbonyl (C=O) groups excluding carboxylic acids is 1. The van der Waals surface area contributed by atoms with Crippen LogP contribution >= 0.6 is 12.4 Å². The molecule has 1 aliphatic heterocycles. The number of halogens is 1. The number of carbonyl (C=O) groups is 1. The molecule has 3 rings (SSSR count). The summed E-state index contributed by atoms with van der Waals surface area (Å²) in [6.07, 6.45) is 10.3. The minimum atomic E-state index is 0. The second-order valence-corrected chi connectivity index (χ2v) is 7.86. The van der Waals surface area contributed by atoms with Crippen LogP contribution in [0.3, 0.4) is 0 Å². The Morgan fingerprint density at radius 3 is 2.77 bits per heavy atom. The first-order valence-electron chi connectivity index (χ1n) is 9.19. The molecule has 2 bridgehead atoms. The summed E-state index contributed by atoms with van der Waals surface area (Å²) >= 11 is 0. The van der Waals surface area contributed by atoms with Crippen molar-refractivity contribution < 1.29 is 4.79 Å². The Bertz CT molecular complexity index is 357. The molecular weight excluding hydrogens is 296 g/mol. The van der Waals surface area contributed by atoms with Crippen molar-refractivity contribution in [3.05, 3.63) is 0 Å². The van der Waals surface area contributed by atoms with Crippen LogP contribution in [-0.2, 0) is 4.79 Å². The van der Waals surface area contributed by atoms with Crippen molar-refractivity contribution in [2.45, 2.75) is 58.3 Å². The third-order valence-corrected chi connectivity index (χ3v) is 6.37. The van der Waals surface area contributed by atoms with Gasteiger partial charge < -0.3 is 10.6 Å². The van der Waals surface area contributed by atoms with Crippen LogP contribution in [0.5, 0.6) is 0 Å². The number of amides is 1. The minimum Gasteiger partial charge on any atom is -0.356 e. The molecule has 5 atom stereocenters. The topological polar surface area (TPSA) is 41.1 Å². The molecule has 3 fully saturated rings. The predicted molar refractivity (Wildman–Crippen MR) is 93.2 cm³/mol. The normalized spacial score (nSPS) is 35.0. The first kappa shape index (κ1) is 18.1. The lowest BCUT2D eigenvalue weighted by Gasteiger charge is -2.28. The fourth-order valence-electron chi connectivity index (χ4n) is 5.02. The quantitative estimate of drug-likeness (QED) is 0.784. The molecule has 0 aromatic rings. The highest BCUT2D eigenvalue weighted by Gasteiger charge is 2.38. The number of fused-ring (bicyclic) bond motifs is 2. The van der Waals surface area contributed by atoms with Crippen LogP contribution in [0.4, 0.5) is 0 Å². The smallest absolute Gasteiger partial charge is 0.220 e. The average Bonchev–Trinajstić information content (AvgIpc) is 3.11. The van der Waals surface area contributed by atoms with Crippen molar-refractivity contribution in [3.8, 4) is 0 Å². The molecule has 4 heteroatoms. The zero-order valence-corrected chi connectivity index (χ0v) is 14.8. The van der Waals surface area contributed by atoms with Gasteiger partial charge in [0.1, 0.15) is 0 Å². The SMILES string of the molecule is CC(CC(=O)NCCC1CC2CCC1C2)C1CCCNC1.Cl. The second kappa shape index (κ2) is 8.54. The molecule has 1 saturated heterocycles. The van der Waals surface area contributed by atoms with Gasteiger partial charge in [-0.3, -0.25) is 4.79 Å². The van der Waals surface area contributed by atoms with Crippen molar-refractivity contribution >= 4 is 18.3 Å². The highest BCUT2D eigenvalue weighted by molar-refractivity contribution is 5.85. The van der Waals surface area contributed by atoms with Crippen molar-refractivity contribution in [2.24, 2.45) is 29.6 Å². The molecule has 0 aromatic heterocycles. The molecule has 3 aliphatic rings. The molecule has 22 heavy (non-hydrogen) atoms. The van der Waals surface area contributed by atoms with E-state index >= 15 is 0 Å². The van der Waals surface area contributed by atoms with E-state index in [-0.39, 0.29) is 18.3 Å². The van der Waals surface area contributed by atoms with E-state index in [2.05, 4.69) is 17.6 Å². The summed E-state index contributed by atoms with van der Waals surface area (Å²) in [7, 11) is 0. The van der Waals surface area contributed by atoms with Gasteiger partial charge in [0.15, 0.2) is 0 Å². The lowest BCUT2D eigenvalue weighted by atomic mass is 9.85. The molecule has 5 unspecified atom stereocenters. The molecule has 0 spiro atoms. The second-order valence-electron chi connectivity index (χ2n) is 7.86. The summed E-state index contributed by atoms with van der Waals surface area (Å²) in [6.45, 7) is 5.40. The predicted octanol–water partition coefficient (Wildman–Crippen LogP) is 3.38. The summed E-state index contributed by atoms with van der Waals surface area (Å²) in [4.78, 5) is 12.1. The Balaban J connectivity index is 0.00000176.